The van der Waals surface area contributed by atoms with E-state index in [-0.39, 0.29) is 30.3 Å². The van der Waals surface area contributed by atoms with Gasteiger partial charge in [-0.25, -0.2) is 33.2 Å². The fraction of sp³-hybridized carbons (Fsp3) is 0.379. The number of aliphatic hydroxyl groups is 2. The number of methoxy groups -OCH3 is 6. The number of rotatable bonds is 23. The first-order valence-corrected chi connectivity index (χ1v) is 47.1. The van der Waals surface area contributed by atoms with Gasteiger partial charge in [-0.05, 0) is 78.3 Å². The zero-order valence-corrected chi connectivity index (χ0v) is 80.8. The highest BCUT2D eigenvalue weighted by Crippen LogP contribution is 2.50. The number of aromatic nitrogens is 9. The van der Waals surface area contributed by atoms with Crippen LogP contribution in [0.25, 0.3) is 10.4 Å². The minimum absolute atomic E-state index is 0.0794. The number of carbonyl (C=O) groups is 4. The van der Waals surface area contributed by atoms with E-state index >= 15 is 0 Å². The Morgan fingerprint density at radius 2 is 0.778 bits per heavy atom. The van der Waals surface area contributed by atoms with Crippen molar-refractivity contribution in [2.75, 3.05) is 69.1 Å². The number of carboxylic acids is 2. The van der Waals surface area contributed by atoms with Gasteiger partial charge in [0.25, 0.3) is 0 Å². The number of nitrogens with zero attached hydrogens (tertiary/aromatic N) is 12. The molecule has 7 aliphatic rings. The van der Waals surface area contributed by atoms with Gasteiger partial charge in [-0.3, -0.25) is 0 Å². The van der Waals surface area contributed by atoms with Crippen LogP contribution >= 0.6 is 140 Å². The zero-order valence-electron chi connectivity index (χ0n) is 71.5. The first-order chi connectivity index (χ1) is 65.2. The minimum Gasteiger partial charge on any atom is -0.476 e. The number of halogens is 8. The minimum atomic E-state index is -1.25. The normalized spacial score (nSPS) is 27.7. The van der Waals surface area contributed by atoms with Crippen LogP contribution in [0.1, 0.15) is 85.2 Å². The summed E-state index contributed by atoms with van der Waals surface area (Å²) in [6.07, 6.45) is -0.521. The van der Waals surface area contributed by atoms with Gasteiger partial charge in [0, 0.05) is 75.5 Å². The topological polar surface area (TPSA) is 438 Å². The van der Waals surface area contributed by atoms with Crippen molar-refractivity contribution in [2.45, 2.75) is 158 Å². The molecule has 7 aromatic carbocycles. The number of aromatic carboxylic acids is 2. The lowest BCUT2D eigenvalue weighted by atomic mass is 9.96. The van der Waals surface area contributed by atoms with Crippen molar-refractivity contribution < 1.29 is 115 Å². The number of hydrogen-bond acceptors (Lipinski definition) is 33. The number of esters is 2. The zero-order chi connectivity index (χ0) is 96.3. The number of azide groups is 1. The van der Waals surface area contributed by atoms with Crippen LogP contribution in [0.4, 0.5) is 0 Å². The molecular formula is C87H84Cl8N12O24S4. The highest BCUT2D eigenvalue weighted by atomic mass is 35.5. The molecule has 716 valence electrons. The number of carbonyl (C=O) groups excluding carboxylic acids is 2. The molecule has 0 saturated carbocycles. The van der Waals surface area contributed by atoms with Crippen LogP contribution in [-0.2, 0) is 80.6 Å². The van der Waals surface area contributed by atoms with E-state index in [1.165, 1.54) is 96.3 Å². The fourth-order valence-electron chi connectivity index (χ4n) is 15.0. The largest absolute Gasteiger partial charge is 0.476 e. The first kappa shape index (κ1) is 104. The summed E-state index contributed by atoms with van der Waals surface area (Å²) >= 11 is 54.3. The van der Waals surface area contributed by atoms with Gasteiger partial charge in [0.2, 0.25) is 0 Å². The molecule has 3 unspecified atom stereocenters. The molecule has 0 radical (unpaired) electrons. The standard InChI is InChI=1S/C24H23Cl2N3O6S.C23H21Cl2N3O6S.C20H19Cl2N3O4S.C16H17Cl2N3O6S.C4H4O2/c1-31-21-19(29-11-17(27-28-29)22(30)32-2)20-18(12-33-23(35-20)13-6-4-3-5-7-13)34-24(21)36-14-8-9-15(25)16(26)10-14;1-31-20-18(28-10-16(21(29)30)26-27-28)19-17(11-32-22(34-19)12-5-3-2-4-6-12)33-23(20)35-13-7-8-14(24)15(25)9-13;1-26-18-16(24-25-23)17-15(10-27-19(29-17)11-5-3-2-4-6-11)28-20(18)30-12-7-8-13(21)14(22)9-12;1-26-14-12(21-5-10(15(24)25)19-20-21)13(23)11(6-22)27-16(14)28-7-2-3-8(17)9(18)4-7;1-3-4(5)6-2/h3-11,18-21,23-24H,12H2,1-2H3;2-10,17-20,22-23H,11H2,1H3,(H,29,30);2-9,15-20H,10H2,1H3;2-5,11-14,16,22-23H,6H2,1H3,(H,24,25);1H,2H3/t18-,19+,20+,21-,23?,24-;17-,18+,19+,20-,22?,23-;15-,16+,17+,18-,19?,20-;11-,12+,13+,14-,16-;/m1111./s1. The number of fused-ring (bicyclic) bond motifs is 3. The van der Waals surface area contributed by atoms with E-state index in [1.807, 2.05) is 109 Å². The van der Waals surface area contributed by atoms with E-state index in [1.54, 1.807) is 86.5 Å². The quantitative estimate of drug-likeness (QED) is 0.0115. The van der Waals surface area contributed by atoms with Gasteiger partial charge in [0.15, 0.2) is 36.0 Å². The molecule has 10 heterocycles. The van der Waals surface area contributed by atoms with E-state index in [2.05, 4.69) is 52.1 Å². The monoisotopic (exact) mass is 2090 g/mol. The second-order valence-electron chi connectivity index (χ2n) is 29.6. The summed E-state index contributed by atoms with van der Waals surface area (Å²) in [5, 5.41) is 69.7. The maximum absolute atomic E-state index is 12.1. The summed E-state index contributed by atoms with van der Waals surface area (Å²) in [5.74, 6) is -1.89. The van der Waals surface area contributed by atoms with Gasteiger partial charge >= 0.3 is 23.9 Å². The number of benzene rings is 7. The number of terminal acetylenes is 1. The Kier molecular flexibility index (Phi) is 38.2. The van der Waals surface area contributed by atoms with E-state index in [4.69, 9.17) is 169 Å². The van der Waals surface area contributed by atoms with Crippen LogP contribution in [0.15, 0.2) is 207 Å². The van der Waals surface area contributed by atoms with Gasteiger partial charge in [-0.1, -0.05) is 252 Å². The molecule has 0 aliphatic carbocycles. The summed E-state index contributed by atoms with van der Waals surface area (Å²) in [4.78, 5) is 50.7. The van der Waals surface area contributed by atoms with E-state index in [0.717, 1.165) is 36.3 Å². The highest BCUT2D eigenvalue weighted by Gasteiger charge is 2.56. The Labute approximate surface area is 828 Å². The van der Waals surface area contributed by atoms with Crippen molar-refractivity contribution in [2.24, 2.45) is 5.11 Å². The molecule has 23 atom stereocenters. The van der Waals surface area contributed by atoms with Gasteiger partial charge in [-0.2, -0.15) is 0 Å². The number of carboxylic acid groups (broad SMARTS) is 2. The Balaban J connectivity index is 0.000000150. The second kappa shape index (κ2) is 49.6. The maximum Gasteiger partial charge on any atom is 0.383 e. The second-order valence-corrected chi connectivity index (χ2v) is 37.6. The number of thioether (sulfide) groups is 4. The third kappa shape index (κ3) is 25.9. The summed E-state index contributed by atoms with van der Waals surface area (Å²) in [5.41, 5.74) is 9.32. The smallest absolute Gasteiger partial charge is 0.383 e. The molecule has 0 amide bonds. The van der Waals surface area contributed by atoms with Crippen molar-refractivity contribution in [3.8, 4) is 12.3 Å². The summed E-state index contributed by atoms with van der Waals surface area (Å²) in [6, 6.07) is 47.4. The predicted molar refractivity (Wildman–Crippen MR) is 496 cm³/mol. The summed E-state index contributed by atoms with van der Waals surface area (Å²) in [6.45, 7) is 0.397. The first-order valence-electron chi connectivity index (χ1n) is 40.5. The van der Waals surface area contributed by atoms with E-state index < -0.39 is 169 Å². The molecule has 7 saturated heterocycles. The average Bonchev–Trinajstić information content (AvgIpc) is 1.70. The Morgan fingerprint density at radius 1 is 0.452 bits per heavy atom. The van der Waals surface area contributed by atoms with Crippen molar-refractivity contribution >= 4 is 164 Å². The Morgan fingerprint density at radius 3 is 1.09 bits per heavy atom. The van der Waals surface area contributed by atoms with Gasteiger partial charge in [0.1, 0.15) is 113 Å². The molecule has 17 rings (SSSR count). The molecule has 10 aromatic rings. The third-order valence-electron chi connectivity index (χ3n) is 21.4. The lowest BCUT2D eigenvalue weighted by molar-refractivity contribution is -0.308. The molecular weight excluding hydrogens is 2010 g/mol. The lowest BCUT2D eigenvalue weighted by Crippen LogP contribution is -2.60. The molecule has 7 fully saturated rings. The van der Waals surface area contributed by atoms with Crippen LogP contribution < -0.4 is 0 Å². The van der Waals surface area contributed by atoms with Crippen LogP contribution in [0.3, 0.4) is 0 Å². The van der Waals surface area contributed by atoms with E-state index in [9.17, 15) is 40.0 Å². The lowest BCUT2D eigenvalue weighted by Gasteiger charge is -2.48. The van der Waals surface area contributed by atoms with Crippen molar-refractivity contribution in [3.63, 3.8) is 0 Å². The number of aliphatic hydroxyl groups excluding tert-OH is 2. The SMILES string of the molecule is C#CC(=O)OC.COC(=O)c1cn([C@@H]2[C@@H](OC)[C@@H](Sc3ccc(Cl)c(Cl)c3)O[C@@H]3COC(c4ccccc4)O[C@H]23)nn1.CO[C@@H]1[C@@H](N=[N+]=[N-])[C@H]2OC(c3ccccc3)OC[C@H]2O[C@@H]1Sc1ccc(Cl)c(Cl)c1.CO[C@@H]1[C@@H](n2cc(C(=O)O)nn2)[C@@H](O)[C@@H](CO)O[C@@H]1Sc1ccc(Cl)c(Cl)c1.CO[C@@H]1[C@@H](n2cc(C(=O)O)nn2)[C@H]2OC(c3ccccc3)OC[C@H]2O[C@@H]1Sc1ccc(Cl)c(Cl)c1. The summed E-state index contributed by atoms with van der Waals surface area (Å²) in [7, 11) is 8.68. The Bertz CT molecular complexity index is 5760. The number of ether oxygens (including phenoxy) is 16. The molecule has 4 N–H and O–H groups in total. The van der Waals surface area contributed by atoms with Crippen molar-refractivity contribution in [1.29, 1.82) is 0 Å². The van der Waals surface area contributed by atoms with Crippen molar-refractivity contribution in [1.82, 2.24) is 45.0 Å². The average molecular weight is 2090 g/mol. The third-order valence-corrected chi connectivity index (χ3v) is 28.9. The van der Waals surface area contributed by atoms with Crippen LogP contribution in [0.5, 0.6) is 0 Å². The van der Waals surface area contributed by atoms with Crippen LogP contribution in [0.2, 0.25) is 40.2 Å². The molecule has 48 heteroatoms. The predicted octanol–water partition coefficient (Wildman–Crippen LogP) is 16.2. The molecule has 135 heavy (non-hydrogen) atoms. The molecule has 3 aromatic heterocycles. The van der Waals surface area contributed by atoms with Crippen LogP contribution in [-0.4, -0.2) is 259 Å². The number of hydrogen-bond donors (Lipinski definition) is 4. The summed E-state index contributed by atoms with van der Waals surface area (Å²) < 4.78 is 98.0. The molecule has 36 nitrogen and oxygen atoms in total. The van der Waals surface area contributed by atoms with Crippen LogP contribution in [0, 0.1) is 12.3 Å². The molecule has 0 spiro atoms. The highest BCUT2D eigenvalue weighted by molar-refractivity contribution is 8.00. The Hall–Kier alpha value is -8.21. The van der Waals surface area contributed by atoms with Gasteiger partial charge in [0.05, 0.1) is 105 Å². The fourth-order valence-corrected chi connectivity index (χ4v) is 21.3. The van der Waals surface area contributed by atoms with Gasteiger partial charge < -0.3 is 96.2 Å². The van der Waals surface area contributed by atoms with Gasteiger partial charge in [-0.15, -0.1) is 21.7 Å². The van der Waals surface area contributed by atoms with Crippen molar-refractivity contribution in [3.05, 3.63) is 267 Å². The molecule has 7 aliphatic heterocycles. The molecule has 0 bridgehead atoms. The van der Waals surface area contributed by atoms with E-state index in [0.29, 0.717) is 46.8 Å². The maximum atomic E-state index is 12.1.